The summed E-state index contributed by atoms with van der Waals surface area (Å²) in [4.78, 5) is 7.81. The van der Waals surface area contributed by atoms with Crippen molar-refractivity contribution >= 4 is 20.9 Å². The first-order valence-electron chi connectivity index (χ1n) is 6.78. The molecule has 0 atom stereocenters. The summed E-state index contributed by atoms with van der Waals surface area (Å²) in [5.74, 6) is 0.521. The third kappa shape index (κ3) is 2.16. The van der Waals surface area contributed by atoms with Crippen molar-refractivity contribution in [1.82, 2.24) is 9.97 Å². The second-order valence-corrected chi connectivity index (χ2v) is 6.97. The van der Waals surface area contributed by atoms with Crippen molar-refractivity contribution < 1.29 is 13.2 Å². The number of H-pyrrole nitrogens is 1. The Hall–Kier alpha value is -2.34. The van der Waals surface area contributed by atoms with Gasteiger partial charge in [-0.05, 0) is 31.5 Å². The standard InChI is InChI=1S/C16H16N2O3S/c1-10-6-4-5-7-14(10)22(19,20)15-11(2)18-16-13(15)8-12(21-3)9-17-16/h4-9H,1-3H3,(H,17,18). The van der Waals surface area contributed by atoms with Crippen molar-refractivity contribution in [1.29, 1.82) is 0 Å². The molecule has 1 aromatic carbocycles. The lowest BCUT2D eigenvalue weighted by molar-refractivity contribution is 0.413. The van der Waals surface area contributed by atoms with Gasteiger partial charge in [0, 0.05) is 11.1 Å². The summed E-state index contributed by atoms with van der Waals surface area (Å²) < 4.78 is 31.3. The lowest BCUT2D eigenvalue weighted by atomic mass is 10.2. The minimum absolute atomic E-state index is 0.253. The van der Waals surface area contributed by atoms with Gasteiger partial charge in [0.05, 0.1) is 18.2 Å². The molecule has 0 fully saturated rings. The minimum atomic E-state index is -3.64. The summed E-state index contributed by atoms with van der Waals surface area (Å²) >= 11 is 0. The zero-order valence-electron chi connectivity index (χ0n) is 12.5. The number of pyridine rings is 1. The van der Waals surface area contributed by atoms with Gasteiger partial charge in [-0.25, -0.2) is 13.4 Å². The largest absolute Gasteiger partial charge is 0.495 e. The molecule has 2 heterocycles. The van der Waals surface area contributed by atoms with E-state index in [1.54, 1.807) is 44.3 Å². The van der Waals surface area contributed by atoms with Crippen molar-refractivity contribution in [2.45, 2.75) is 23.6 Å². The third-order valence-electron chi connectivity index (χ3n) is 3.64. The normalized spacial score (nSPS) is 11.8. The third-order valence-corrected chi connectivity index (χ3v) is 5.74. The van der Waals surface area contributed by atoms with E-state index in [9.17, 15) is 8.42 Å². The number of aromatic nitrogens is 2. The van der Waals surface area contributed by atoms with E-state index < -0.39 is 9.84 Å². The summed E-state index contributed by atoms with van der Waals surface area (Å²) in [5.41, 5.74) is 1.82. The molecule has 0 unspecified atom stereocenters. The van der Waals surface area contributed by atoms with Crippen LogP contribution in [0.4, 0.5) is 0 Å². The van der Waals surface area contributed by atoms with Crippen LogP contribution in [-0.2, 0) is 9.84 Å². The molecule has 22 heavy (non-hydrogen) atoms. The summed E-state index contributed by atoms with van der Waals surface area (Å²) in [6, 6.07) is 8.65. The van der Waals surface area contributed by atoms with Gasteiger partial charge in [0.2, 0.25) is 9.84 Å². The fourth-order valence-corrected chi connectivity index (χ4v) is 4.45. The van der Waals surface area contributed by atoms with Crippen LogP contribution in [0.1, 0.15) is 11.3 Å². The van der Waals surface area contributed by atoms with E-state index in [-0.39, 0.29) is 4.90 Å². The zero-order chi connectivity index (χ0) is 15.9. The van der Waals surface area contributed by atoms with E-state index >= 15 is 0 Å². The topological polar surface area (TPSA) is 72.0 Å². The molecule has 0 spiro atoms. The molecule has 5 nitrogen and oxygen atoms in total. The van der Waals surface area contributed by atoms with Crippen molar-refractivity contribution in [3.05, 3.63) is 47.8 Å². The number of methoxy groups -OCH3 is 1. The van der Waals surface area contributed by atoms with Gasteiger partial charge in [-0.3, -0.25) is 0 Å². The lowest BCUT2D eigenvalue weighted by Gasteiger charge is -2.08. The fraction of sp³-hybridized carbons (Fsp3) is 0.188. The van der Waals surface area contributed by atoms with Crippen molar-refractivity contribution in [2.24, 2.45) is 0 Å². The van der Waals surface area contributed by atoms with Crippen molar-refractivity contribution in [2.75, 3.05) is 7.11 Å². The number of ether oxygens (including phenoxy) is 1. The molecule has 0 aliphatic carbocycles. The van der Waals surface area contributed by atoms with Gasteiger partial charge in [0.15, 0.2) is 0 Å². The zero-order valence-corrected chi connectivity index (χ0v) is 13.4. The van der Waals surface area contributed by atoms with Gasteiger partial charge in [0.1, 0.15) is 16.3 Å². The first-order chi connectivity index (χ1) is 10.4. The number of benzene rings is 1. The minimum Gasteiger partial charge on any atom is -0.495 e. The van der Waals surface area contributed by atoms with E-state index in [4.69, 9.17) is 4.74 Å². The quantitative estimate of drug-likeness (QED) is 0.806. The van der Waals surface area contributed by atoms with Crippen molar-refractivity contribution in [3.8, 4) is 5.75 Å². The van der Waals surface area contributed by atoms with Crippen LogP contribution in [0, 0.1) is 13.8 Å². The van der Waals surface area contributed by atoms with Crippen LogP contribution in [0.25, 0.3) is 11.0 Å². The molecule has 2 aromatic heterocycles. The molecular weight excluding hydrogens is 300 g/mol. The molecule has 114 valence electrons. The number of hydrogen-bond acceptors (Lipinski definition) is 4. The Morgan fingerprint density at radius 3 is 2.59 bits per heavy atom. The Morgan fingerprint density at radius 2 is 1.91 bits per heavy atom. The highest BCUT2D eigenvalue weighted by molar-refractivity contribution is 7.91. The van der Waals surface area contributed by atoms with Crippen LogP contribution in [0.2, 0.25) is 0 Å². The molecule has 0 amide bonds. The predicted molar refractivity (Wildman–Crippen MR) is 84.0 cm³/mol. The Labute approximate surface area is 128 Å². The van der Waals surface area contributed by atoms with Gasteiger partial charge < -0.3 is 9.72 Å². The van der Waals surface area contributed by atoms with Gasteiger partial charge in [-0.15, -0.1) is 0 Å². The monoisotopic (exact) mass is 316 g/mol. The maximum absolute atomic E-state index is 13.1. The number of aryl methyl sites for hydroxylation is 2. The molecular formula is C16H16N2O3S. The van der Waals surface area contributed by atoms with Crippen LogP contribution in [0.15, 0.2) is 46.3 Å². The first-order valence-corrected chi connectivity index (χ1v) is 8.26. The van der Waals surface area contributed by atoms with E-state index in [2.05, 4.69) is 9.97 Å². The van der Waals surface area contributed by atoms with Gasteiger partial charge in [0.25, 0.3) is 0 Å². The van der Waals surface area contributed by atoms with Crippen LogP contribution < -0.4 is 4.74 Å². The summed E-state index contributed by atoms with van der Waals surface area (Å²) in [5, 5.41) is 0.542. The second kappa shape index (κ2) is 5.14. The molecule has 0 aliphatic heterocycles. The lowest BCUT2D eigenvalue weighted by Crippen LogP contribution is -2.05. The molecule has 0 saturated heterocycles. The maximum atomic E-state index is 13.1. The molecule has 0 radical (unpaired) electrons. The number of nitrogens with zero attached hydrogens (tertiary/aromatic N) is 1. The van der Waals surface area contributed by atoms with Crippen LogP contribution >= 0.6 is 0 Å². The van der Waals surface area contributed by atoms with Crippen LogP contribution in [0.5, 0.6) is 5.75 Å². The van der Waals surface area contributed by atoms with E-state index in [0.717, 1.165) is 0 Å². The number of sulfone groups is 1. The second-order valence-electron chi connectivity index (χ2n) is 5.12. The molecule has 0 aliphatic rings. The molecule has 6 heteroatoms. The maximum Gasteiger partial charge on any atom is 0.209 e. The highest BCUT2D eigenvalue weighted by Gasteiger charge is 2.26. The predicted octanol–water partition coefficient (Wildman–Crippen LogP) is 3.02. The summed E-state index contributed by atoms with van der Waals surface area (Å²) in [6.45, 7) is 3.52. The Morgan fingerprint density at radius 1 is 1.18 bits per heavy atom. The number of fused-ring (bicyclic) bond motifs is 1. The molecule has 3 aromatic rings. The van der Waals surface area contributed by atoms with E-state index in [0.29, 0.717) is 32.9 Å². The average molecular weight is 316 g/mol. The SMILES string of the molecule is COc1cnc2[nH]c(C)c(S(=O)(=O)c3ccccc3C)c2c1. The highest BCUT2D eigenvalue weighted by Crippen LogP contribution is 2.33. The van der Waals surface area contributed by atoms with Crippen molar-refractivity contribution in [3.63, 3.8) is 0 Å². The fourth-order valence-electron chi connectivity index (χ4n) is 2.58. The molecule has 0 bridgehead atoms. The molecule has 1 N–H and O–H groups in total. The van der Waals surface area contributed by atoms with Crippen LogP contribution in [0.3, 0.4) is 0 Å². The summed E-state index contributed by atoms with van der Waals surface area (Å²) in [7, 11) is -2.11. The highest BCUT2D eigenvalue weighted by atomic mass is 32.2. The van der Waals surface area contributed by atoms with Gasteiger partial charge in [-0.2, -0.15) is 0 Å². The smallest absolute Gasteiger partial charge is 0.209 e. The first kappa shape index (κ1) is 14.6. The van der Waals surface area contributed by atoms with Crippen LogP contribution in [-0.4, -0.2) is 25.5 Å². The number of aromatic amines is 1. The Balaban J connectivity index is 2.34. The Bertz CT molecular complexity index is 959. The summed E-state index contributed by atoms with van der Waals surface area (Å²) in [6.07, 6.45) is 1.56. The number of nitrogens with one attached hydrogen (secondary N) is 1. The van der Waals surface area contributed by atoms with E-state index in [1.807, 2.05) is 6.07 Å². The van der Waals surface area contributed by atoms with E-state index in [1.165, 1.54) is 7.11 Å². The number of hydrogen-bond donors (Lipinski definition) is 1. The molecule has 3 rings (SSSR count). The average Bonchev–Trinajstić information content (AvgIpc) is 2.82. The number of rotatable bonds is 3. The molecule has 0 saturated carbocycles. The van der Waals surface area contributed by atoms with Gasteiger partial charge >= 0.3 is 0 Å². The Kier molecular flexibility index (Phi) is 3.41. The van der Waals surface area contributed by atoms with Gasteiger partial charge in [-0.1, -0.05) is 18.2 Å².